The Kier molecular flexibility index (Phi) is 5.19. The van der Waals surface area contributed by atoms with E-state index >= 15 is 0 Å². The Labute approximate surface area is 150 Å². The van der Waals surface area contributed by atoms with Gasteiger partial charge in [-0.1, -0.05) is 42.1 Å². The molecule has 6 heteroatoms. The monoisotopic (exact) mass is 353 g/mol. The average Bonchev–Trinajstić information content (AvgIpc) is 2.91. The van der Waals surface area contributed by atoms with Gasteiger partial charge in [0.25, 0.3) is 0 Å². The van der Waals surface area contributed by atoms with Gasteiger partial charge < -0.3 is 10.6 Å². The molecule has 1 saturated heterocycles. The zero-order valence-electron chi connectivity index (χ0n) is 14.1. The van der Waals surface area contributed by atoms with E-state index in [0.717, 1.165) is 22.5 Å². The summed E-state index contributed by atoms with van der Waals surface area (Å²) in [7, 11) is 0. The van der Waals surface area contributed by atoms with Gasteiger partial charge in [-0.2, -0.15) is 0 Å². The Balaban J connectivity index is 1.65. The number of para-hydroxylation sites is 1. The van der Waals surface area contributed by atoms with Crippen molar-refractivity contribution in [2.24, 2.45) is 4.99 Å². The van der Waals surface area contributed by atoms with E-state index in [2.05, 4.69) is 15.6 Å². The van der Waals surface area contributed by atoms with Crippen LogP contribution in [0.3, 0.4) is 0 Å². The van der Waals surface area contributed by atoms with Crippen LogP contribution < -0.4 is 10.6 Å². The lowest BCUT2D eigenvalue weighted by molar-refractivity contribution is -0.122. The second-order valence-corrected chi connectivity index (χ2v) is 7.11. The molecule has 1 heterocycles. The summed E-state index contributed by atoms with van der Waals surface area (Å²) in [6.45, 7) is 3.98. The standard InChI is InChI=1S/C19H19N3O2S/c1-12-8-9-13(2)15(10-12)21-19-22-18(24)16(25-19)11-17(23)20-14-6-4-3-5-7-14/h3-10,16H,11H2,1-2H3,(H,20,23)(H,21,22,24)/t16-/m1/s1. The Morgan fingerprint density at radius 3 is 2.72 bits per heavy atom. The van der Waals surface area contributed by atoms with Gasteiger partial charge in [-0.05, 0) is 43.2 Å². The lowest BCUT2D eigenvalue weighted by Crippen LogP contribution is -2.28. The van der Waals surface area contributed by atoms with E-state index in [1.165, 1.54) is 11.8 Å². The number of rotatable bonds is 4. The third kappa shape index (κ3) is 4.48. The van der Waals surface area contributed by atoms with Crippen LogP contribution in [0, 0.1) is 13.8 Å². The first-order chi connectivity index (χ1) is 12.0. The third-order valence-electron chi connectivity index (χ3n) is 3.79. The SMILES string of the molecule is Cc1ccc(C)c(N=C2NC(=O)[C@@H](CC(=O)Nc3ccccc3)S2)c1. The molecule has 2 amide bonds. The number of carbonyl (C=O) groups excluding carboxylic acids is 2. The van der Waals surface area contributed by atoms with Gasteiger partial charge in [0.1, 0.15) is 5.25 Å². The van der Waals surface area contributed by atoms with Crippen molar-refractivity contribution < 1.29 is 9.59 Å². The second kappa shape index (κ2) is 7.53. The Morgan fingerprint density at radius 1 is 1.20 bits per heavy atom. The molecule has 3 rings (SSSR count). The first kappa shape index (κ1) is 17.2. The van der Waals surface area contributed by atoms with Gasteiger partial charge >= 0.3 is 0 Å². The number of aryl methyl sites for hydroxylation is 2. The Hall–Kier alpha value is -2.60. The van der Waals surface area contributed by atoms with Crippen LogP contribution in [0.25, 0.3) is 0 Å². The summed E-state index contributed by atoms with van der Waals surface area (Å²) in [5.74, 6) is -0.371. The van der Waals surface area contributed by atoms with Gasteiger partial charge in [0.15, 0.2) is 5.17 Å². The van der Waals surface area contributed by atoms with Gasteiger partial charge in [-0.15, -0.1) is 0 Å². The number of anilines is 1. The number of amidine groups is 1. The number of amides is 2. The number of benzene rings is 2. The molecular formula is C19H19N3O2S. The maximum atomic E-state index is 12.1. The summed E-state index contributed by atoms with van der Waals surface area (Å²) >= 11 is 1.30. The van der Waals surface area contributed by atoms with Crippen molar-refractivity contribution in [1.29, 1.82) is 0 Å². The van der Waals surface area contributed by atoms with E-state index in [-0.39, 0.29) is 18.2 Å². The van der Waals surface area contributed by atoms with Crippen LogP contribution in [-0.2, 0) is 9.59 Å². The largest absolute Gasteiger partial charge is 0.326 e. The molecule has 5 nitrogen and oxygen atoms in total. The van der Waals surface area contributed by atoms with Gasteiger partial charge in [0, 0.05) is 12.1 Å². The molecule has 0 radical (unpaired) electrons. The van der Waals surface area contributed by atoms with E-state index < -0.39 is 5.25 Å². The maximum absolute atomic E-state index is 12.1. The van der Waals surface area contributed by atoms with Gasteiger partial charge in [0.05, 0.1) is 5.69 Å². The minimum absolute atomic E-state index is 0.108. The highest BCUT2D eigenvalue weighted by molar-refractivity contribution is 8.15. The second-order valence-electron chi connectivity index (χ2n) is 5.92. The molecular weight excluding hydrogens is 334 g/mol. The normalized spacial score (nSPS) is 18.2. The quantitative estimate of drug-likeness (QED) is 0.883. The molecule has 1 fully saturated rings. The number of aliphatic imine (C=N–C) groups is 1. The number of hydrogen-bond acceptors (Lipinski definition) is 4. The lowest BCUT2D eigenvalue weighted by Gasteiger charge is -2.07. The minimum Gasteiger partial charge on any atom is -0.326 e. The summed E-state index contributed by atoms with van der Waals surface area (Å²) in [5, 5.41) is 5.63. The van der Waals surface area contributed by atoms with E-state index in [1.807, 2.05) is 62.4 Å². The fourth-order valence-electron chi connectivity index (χ4n) is 2.44. The van der Waals surface area contributed by atoms with Crippen LogP contribution in [0.2, 0.25) is 0 Å². The molecule has 0 unspecified atom stereocenters. The van der Waals surface area contributed by atoms with Crippen molar-refractivity contribution in [2.45, 2.75) is 25.5 Å². The van der Waals surface area contributed by atoms with E-state index in [1.54, 1.807) is 0 Å². The number of carbonyl (C=O) groups is 2. The molecule has 1 atom stereocenters. The predicted octanol–water partition coefficient (Wildman–Crippen LogP) is 3.55. The molecule has 2 aromatic carbocycles. The van der Waals surface area contributed by atoms with Crippen LogP contribution in [0.1, 0.15) is 17.5 Å². The lowest BCUT2D eigenvalue weighted by atomic mass is 10.1. The van der Waals surface area contributed by atoms with Crippen molar-refractivity contribution in [3.63, 3.8) is 0 Å². The molecule has 1 aliphatic rings. The molecule has 0 saturated carbocycles. The number of nitrogens with one attached hydrogen (secondary N) is 2. The van der Waals surface area contributed by atoms with Gasteiger partial charge in [0.2, 0.25) is 11.8 Å². The van der Waals surface area contributed by atoms with Crippen molar-refractivity contribution in [3.05, 3.63) is 59.7 Å². The Morgan fingerprint density at radius 2 is 1.96 bits per heavy atom. The van der Waals surface area contributed by atoms with Crippen LogP contribution >= 0.6 is 11.8 Å². The smallest absolute Gasteiger partial charge is 0.240 e. The zero-order chi connectivity index (χ0) is 17.8. The summed E-state index contributed by atoms with van der Waals surface area (Å²) in [6, 6.07) is 15.2. The molecule has 0 bridgehead atoms. The van der Waals surface area contributed by atoms with E-state index in [9.17, 15) is 9.59 Å². The number of thioether (sulfide) groups is 1. The van der Waals surface area contributed by atoms with Crippen LogP contribution in [0.4, 0.5) is 11.4 Å². The third-order valence-corrected chi connectivity index (χ3v) is 4.87. The van der Waals surface area contributed by atoms with Gasteiger partial charge in [-0.25, -0.2) is 4.99 Å². The van der Waals surface area contributed by atoms with Crippen molar-refractivity contribution in [2.75, 3.05) is 5.32 Å². The van der Waals surface area contributed by atoms with Crippen molar-refractivity contribution >= 4 is 40.1 Å². The van der Waals surface area contributed by atoms with Gasteiger partial charge in [-0.3, -0.25) is 9.59 Å². The minimum atomic E-state index is -0.465. The summed E-state index contributed by atoms with van der Waals surface area (Å²) in [4.78, 5) is 28.8. The van der Waals surface area contributed by atoms with Crippen molar-refractivity contribution in [1.82, 2.24) is 5.32 Å². The molecule has 1 aliphatic heterocycles. The van der Waals surface area contributed by atoms with E-state index in [4.69, 9.17) is 0 Å². The van der Waals surface area contributed by atoms with Crippen LogP contribution in [0.5, 0.6) is 0 Å². The predicted molar refractivity (Wildman–Crippen MR) is 102 cm³/mol. The molecule has 25 heavy (non-hydrogen) atoms. The fourth-order valence-corrected chi connectivity index (χ4v) is 3.42. The topological polar surface area (TPSA) is 70.6 Å². The molecule has 0 spiro atoms. The molecule has 2 N–H and O–H groups in total. The molecule has 128 valence electrons. The highest BCUT2D eigenvalue weighted by atomic mass is 32.2. The summed E-state index contributed by atoms with van der Waals surface area (Å²) in [5.41, 5.74) is 3.70. The van der Waals surface area contributed by atoms with Crippen molar-refractivity contribution in [3.8, 4) is 0 Å². The maximum Gasteiger partial charge on any atom is 0.240 e. The highest BCUT2D eigenvalue weighted by Gasteiger charge is 2.32. The number of nitrogens with zero attached hydrogens (tertiary/aromatic N) is 1. The molecule has 0 aromatic heterocycles. The Bertz CT molecular complexity index is 834. The fraction of sp³-hybridized carbons (Fsp3) is 0.211. The number of hydrogen-bond donors (Lipinski definition) is 2. The first-order valence-corrected chi connectivity index (χ1v) is 8.87. The summed E-state index contributed by atoms with van der Waals surface area (Å²) in [6.07, 6.45) is 0.108. The zero-order valence-corrected chi connectivity index (χ0v) is 14.9. The molecule has 2 aromatic rings. The van der Waals surface area contributed by atoms with Crippen LogP contribution in [-0.4, -0.2) is 22.2 Å². The first-order valence-electron chi connectivity index (χ1n) is 7.99. The highest BCUT2D eigenvalue weighted by Crippen LogP contribution is 2.27. The molecule has 0 aliphatic carbocycles. The van der Waals surface area contributed by atoms with E-state index in [0.29, 0.717) is 5.17 Å². The average molecular weight is 353 g/mol. The van der Waals surface area contributed by atoms with Crippen LogP contribution in [0.15, 0.2) is 53.5 Å². The summed E-state index contributed by atoms with van der Waals surface area (Å²) < 4.78 is 0.